The molecule has 1 aromatic carbocycles. The number of phenolic OH excluding ortho intramolecular Hbond substituents is 1. The maximum absolute atomic E-state index is 12.2. The van der Waals surface area contributed by atoms with Crippen LogP contribution in [0.2, 0.25) is 0 Å². The highest BCUT2D eigenvalue weighted by Gasteiger charge is 2.19. The fourth-order valence-electron chi connectivity index (χ4n) is 2.48. The Morgan fingerprint density at radius 3 is 2.70 bits per heavy atom. The highest BCUT2D eigenvalue weighted by molar-refractivity contribution is 9.10. The Hall–Kier alpha value is -2.70. The molecule has 10 nitrogen and oxygen atoms in total. The van der Waals surface area contributed by atoms with Crippen LogP contribution in [0, 0.1) is 0 Å². The van der Waals surface area contributed by atoms with Gasteiger partial charge >= 0.3 is 0 Å². The van der Waals surface area contributed by atoms with Gasteiger partial charge in [0.05, 0.1) is 27.0 Å². The molecule has 0 aliphatic rings. The number of halogens is 1. The Kier molecular flexibility index (Phi) is 8.15. The van der Waals surface area contributed by atoms with Crippen molar-refractivity contribution in [3.63, 3.8) is 0 Å². The Morgan fingerprint density at radius 2 is 2.17 bits per heavy atom. The number of nitrogens with zero attached hydrogens (tertiary/aromatic N) is 3. The quantitative estimate of drug-likeness (QED) is 0.239. The van der Waals surface area contributed by atoms with Crippen LogP contribution >= 0.6 is 15.9 Å². The van der Waals surface area contributed by atoms with Crippen molar-refractivity contribution in [3.8, 4) is 5.75 Å². The number of furan rings is 1. The number of amidine groups is 2. The standard InChI is InChI=1S/C18H22BrN5O5S/c1-4-12(14-8-10(19)9-29-14)21-16(20)17(23-30(27)28)22-13-7-5-6-11(15(13)25)18(26)24(2)3/h5-9,12,25H,4H2,1-3H3,(H2,20,21)(H,22,23)(H,27,28)/p-1. The minimum Gasteiger partial charge on any atom is -0.754 e. The van der Waals surface area contributed by atoms with Gasteiger partial charge in [0.2, 0.25) is 0 Å². The lowest BCUT2D eigenvalue weighted by Gasteiger charge is -2.16. The van der Waals surface area contributed by atoms with Crippen LogP contribution < -0.4 is 11.1 Å². The number of nitrogens with one attached hydrogen (secondary N) is 1. The van der Waals surface area contributed by atoms with Crippen molar-refractivity contribution in [2.45, 2.75) is 19.4 Å². The minimum atomic E-state index is -2.85. The Morgan fingerprint density at radius 1 is 1.47 bits per heavy atom. The van der Waals surface area contributed by atoms with Crippen LogP contribution in [0.1, 0.15) is 35.5 Å². The summed E-state index contributed by atoms with van der Waals surface area (Å²) in [6.45, 7) is 1.86. The van der Waals surface area contributed by atoms with E-state index in [0.29, 0.717) is 12.2 Å². The van der Waals surface area contributed by atoms with Crippen molar-refractivity contribution >= 4 is 50.5 Å². The summed E-state index contributed by atoms with van der Waals surface area (Å²) in [6.07, 6.45) is 2.02. The van der Waals surface area contributed by atoms with E-state index in [1.165, 1.54) is 43.5 Å². The molecule has 0 aliphatic heterocycles. The minimum absolute atomic E-state index is 0.0231. The van der Waals surface area contributed by atoms with E-state index in [4.69, 9.17) is 10.2 Å². The number of para-hydroxylation sites is 1. The van der Waals surface area contributed by atoms with E-state index in [1.54, 1.807) is 6.07 Å². The summed E-state index contributed by atoms with van der Waals surface area (Å²) < 4.78 is 32.0. The monoisotopic (exact) mass is 498 g/mol. The predicted octanol–water partition coefficient (Wildman–Crippen LogP) is 2.56. The average molecular weight is 499 g/mol. The van der Waals surface area contributed by atoms with E-state index in [0.717, 1.165) is 4.47 Å². The van der Waals surface area contributed by atoms with Gasteiger partial charge in [0.15, 0.2) is 17.4 Å². The molecule has 0 saturated heterocycles. The SMILES string of the molecule is CCC(N=C(N)C(=NS(=O)[O-])Nc1cccc(C(=O)N(C)C)c1O)c1cc(Br)co1. The molecule has 30 heavy (non-hydrogen) atoms. The molecule has 0 spiro atoms. The van der Waals surface area contributed by atoms with Crippen molar-refractivity contribution in [2.75, 3.05) is 19.4 Å². The Labute approximate surface area is 184 Å². The van der Waals surface area contributed by atoms with E-state index in [-0.39, 0.29) is 28.7 Å². The summed E-state index contributed by atoms with van der Waals surface area (Å²) in [6, 6.07) is 5.64. The number of aliphatic imine (C=N–C) groups is 1. The summed E-state index contributed by atoms with van der Waals surface area (Å²) in [5.74, 6) is -0.815. The zero-order valence-corrected chi connectivity index (χ0v) is 18.9. The first-order valence-electron chi connectivity index (χ1n) is 8.70. The van der Waals surface area contributed by atoms with Gasteiger partial charge in [-0.3, -0.25) is 14.0 Å². The molecule has 1 heterocycles. The van der Waals surface area contributed by atoms with E-state index < -0.39 is 23.2 Å². The summed E-state index contributed by atoms with van der Waals surface area (Å²) in [4.78, 5) is 17.8. The van der Waals surface area contributed by atoms with Gasteiger partial charge < -0.3 is 30.0 Å². The number of carbonyl (C=O) groups is 1. The van der Waals surface area contributed by atoms with Gasteiger partial charge in [0, 0.05) is 14.1 Å². The van der Waals surface area contributed by atoms with Crippen LogP contribution in [0.4, 0.5) is 5.69 Å². The molecule has 162 valence electrons. The number of benzene rings is 1. The topological polar surface area (TPSA) is 157 Å². The first kappa shape index (κ1) is 23.6. The van der Waals surface area contributed by atoms with Crippen LogP contribution in [0.3, 0.4) is 0 Å². The summed E-state index contributed by atoms with van der Waals surface area (Å²) >= 11 is 0.440. The number of rotatable bonds is 6. The van der Waals surface area contributed by atoms with Crippen molar-refractivity contribution < 1.29 is 23.1 Å². The van der Waals surface area contributed by atoms with Gasteiger partial charge in [-0.1, -0.05) is 13.0 Å². The second-order valence-electron chi connectivity index (χ2n) is 6.29. The number of aromatic hydroxyl groups is 1. The Balaban J connectivity index is 2.41. The number of amides is 1. The van der Waals surface area contributed by atoms with Crippen molar-refractivity contribution in [1.82, 2.24) is 4.90 Å². The second-order valence-corrected chi connectivity index (χ2v) is 7.82. The molecule has 2 aromatic rings. The zero-order chi connectivity index (χ0) is 22.4. The van der Waals surface area contributed by atoms with Gasteiger partial charge in [0.1, 0.15) is 18.1 Å². The fourth-order valence-corrected chi connectivity index (χ4v) is 3.09. The van der Waals surface area contributed by atoms with E-state index in [9.17, 15) is 18.7 Å². The smallest absolute Gasteiger partial charge is 0.257 e. The number of hydrogen-bond acceptors (Lipinski definition) is 6. The maximum atomic E-state index is 12.2. The fraction of sp³-hybridized carbons (Fsp3) is 0.278. The molecule has 0 saturated carbocycles. The summed E-state index contributed by atoms with van der Waals surface area (Å²) in [7, 11) is 3.08. The number of carbonyl (C=O) groups excluding carboxylic acids is 1. The molecule has 2 unspecified atom stereocenters. The zero-order valence-electron chi connectivity index (χ0n) is 16.5. The molecule has 0 radical (unpaired) electrons. The van der Waals surface area contributed by atoms with Crippen LogP contribution in [-0.4, -0.2) is 50.4 Å². The highest BCUT2D eigenvalue weighted by atomic mass is 79.9. The second kappa shape index (κ2) is 10.4. The van der Waals surface area contributed by atoms with Crippen LogP contribution in [-0.2, 0) is 11.3 Å². The summed E-state index contributed by atoms with van der Waals surface area (Å²) in [5.41, 5.74) is 6.07. The van der Waals surface area contributed by atoms with Crippen LogP contribution in [0.5, 0.6) is 5.75 Å². The molecule has 4 N–H and O–H groups in total. The number of nitrogens with two attached hydrogens (primary N) is 1. The molecule has 12 heteroatoms. The normalized spacial score (nSPS) is 14.3. The molecule has 0 aliphatic carbocycles. The van der Waals surface area contributed by atoms with Gasteiger partial charge in [-0.05, 0) is 40.5 Å². The molecular formula is C18H21BrN5O5S-. The number of hydrogen-bond donors (Lipinski definition) is 3. The van der Waals surface area contributed by atoms with Crippen molar-refractivity contribution in [1.29, 1.82) is 0 Å². The molecule has 0 fully saturated rings. The van der Waals surface area contributed by atoms with Crippen LogP contribution in [0.15, 0.2) is 48.8 Å². The molecule has 2 rings (SSSR count). The van der Waals surface area contributed by atoms with E-state index >= 15 is 0 Å². The highest BCUT2D eigenvalue weighted by Crippen LogP contribution is 2.29. The Bertz CT molecular complexity index is 1000. The average Bonchev–Trinajstić information content (AvgIpc) is 3.12. The first-order chi connectivity index (χ1) is 14.1. The van der Waals surface area contributed by atoms with E-state index in [2.05, 4.69) is 30.6 Å². The largest absolute Gasteiger partial charge is 0.754 e. The number of phenols is 1. The molecule has 0 bridgehead atoms. The molecule has 1 aromatic heterocycles. The lowest BCUT2D eigenvalue weighted by atomic mass is 10.1. The third kappa shape index (κ3) is 5.90. The number of anilines is 1. The molecule has 1 amide bonds. The summed E-state index contributed by atoms with van der Waals surface area (Å²) in [5, 5.41) is 13.1. The first-order valence-corrected chi connectivity index (χ1v) is 10.5. The lowest BCUT2D eigenvalue weighted by molar-refractivity contribution is 0.0824. The maximum Gasteiger partial charge on any atom is 0.257 e. The van der Waals surface area contributed by atoms with Gasteiger partial charge in [-0.15, -0.1) is 0 Å². The lowest BCUT2D eigenvalue weighted by Crippen LogP contribution is -2.32. The predicted molar refractivity (Wildman–Crippen MR) is 117 cm³/mol. The molecule has 2 atom stereocenters. The van der Waals surface area contributed by atoms with Crippen LogP contribution in [0.25, 0.3) is 0 Å². The molecular weight excluding hydrogens is 478 g/mol. The van der Waals surface area contributed by atoms with Crippen molar-refractivity contribution in [2.24, 2.45) is 15.1 Å². The van der Waals surface area contributed by atoms with Gasteiger partial charge in [-0.25, -0.2) is 0 Å². The van der Waals surface area contributed by atoms with Gasteiger partial charge in [0.25, 0.3) is 5.91 Å². The van der Waals surface area contributed by atoms with Gasteiger partial charge in [-0.2, -0.15) is 4.40 Å². The third-order valence-corrected chi connectivity index (χ3v) is 4.68. The van der Waals surface area contributed by atoms with Crippen molar-refractivity contribution in [3.05, 3.63) is 46.3 Å². The third-order valence-electron chi connectivity index (χ3n) is 3.93. The van der Waals surface area contributed by atoms with E-state index in [1.807, 2.05) is 6.92 Å².